The Morgan fingerprint density at radius 1 is 1.35 bits per heavy atom. The second kappa shape index (κ2) is 5.16. The number of nitrogens with zero attached hydrogens (tertiary/aromatic N) is 1. The first-order valence-corrected chi connectivity index (χ1v) is 7.83. The van der Waals surface area contributed by atoms with Gasteiger partial charge in [-0.3, -0.25) is 0 Å². The quantitative estimate of drug-likeness (QED) is 0.852. The van der Waals surface area contributed by atoms with E-state index in [0.717, 1.165) is 0 Å². The van der Waals surface area contributed by atoms with Gasteiger partial charge in [-0.25, -0.2) is 13.2 Å². The third-order valence-electron chi connectivity index (χ3n) is 3.36. The molecule has 2 rings (SSSR count). The normalized spacial score (nSPS) is 23.9. The standard InChI is InChI=1S/C13H17NO5S/c1-13(17)6-7-14(9-13)20(18,19)8-10-2-4-11(5-3-10)12(15)16/h2-5,17H,6-9H2,1H3,(H,15,16). The van der Waals surface area contributed by atoms with Crippen molar-refractivity contribution in [3.63, 3.8) is 0 Å². The highest BCUT2D eigenvalue weighted by molar-refractivity contribution is 7.88. The highest BCUT2D eigenvalue weighted by atomic mass is 32.2. The van der Waals surface area contributed by atoms with Gasteiger partial charge in [-0.15, -0.1) is 0 Å². The molecule has 1 aliphatic heterocycles. The number of hydrogen-bond acceptors (Lipinski definition) is 4. The molecule has 0 bridgehead atoms. The molecule has 20 heavy (non-hydrogen) atoms. The van der Waals surface area contributed by atoms with Crippen molar-refractivity contribution >= 4 is 16.0 Å². The Labute approximate surface area is 117 Å². The lowest BCUT2D eigenvalue weighted by molar-refractivity contribution is 0.0696. The largest absolute Gasteiger partial charge is 0.478 e. The van der Waals surface area contributed by atoms with Gasteiger partial charge in [-0.05, 0) is 31.0 Å². The summed E-state index contributed by atoms with van der Waals surface area (Å²) >= 11 is 0. The predicted molar refractivity (Wildman–Crippen MR) is 72.8 cm³/mol. The molecule has 1 unspecified atom stereocenters. The van der Waals surface area contributed by atoms with Crippen LogP contribution in [0.5, 0.6) is 0 Å². The van der Waals surface area contributed by atoms with Crippen molar-refractivity contribution in [2.75, 3.05) is 13.1 Å². The molecule has 0 aliphatic carbocycles. The van der Waals surface area contributed by atoms with Crippen molar-refractivity contribution in [3.05, 3.63) is 35.4 Å². The summed E-state index contributed by atoms with van der Waals surface area (Å²) in [6.45, 7) is 2.02. The van der Waals surface area contributed by atoms with Crippen LogP contribution in [0.4, 0.5) is 0 Å². The van der Waals surface area contributed by atoms with Gasteiger partial charge in [0.1, 0.15) is 0 Å². The number of aromatic carboxylic acids is 1. The Kier molecular flexibility index (Phi) is 3.86. The molecule has 1 aromatic carbocycles. The minimum atomic E-state index is -3.49. The number of hydrogen-bond donors (Lipinski definition) is 2. The minimum absolute atomic E-state index is 0.0997. The first-order chi connectivity index (χ1) is 9.20. The molecule has 1 aliphatic rings. The molecular formula is C13H17NO5S. The molecular weight excluding hydrogens is 282 g/mol. The van der Waals surface area contributed by atoms with E-state index in [1.165, 1.54) is 28.6 Å². The van der Waals surface area contributed by atoms with Gasteiger partial charge in [-0.2, -0.15) is 4.31 Å². The maximum absolute atomic E-state index is 12.2. The lowest BCUT2D eigenvalue weighted by atomic mass is 10.1. The summed E-state index contributed by atoms with van der Waals surface area (Å²) in [5, 5.41) is 18.6. The van der Waals surface area contributed by atoms with E-state index in [-0.39, 0.29) is 17.9 Å². The zero-order valence-corrected chi connectivity index (χ0v) is 11.9. The average Bonchev–Trinajstić information content (AvgIpc) is 2.70. The molecule has 1 aromatic rings. The number of carbonyl (C=O) groups is 1. The third-order valence-corrected chi connectivity index (χ3v) is 5.16. The van der Waals surface area contributed by atoms with Crippen LogP contribution in [-0.4, -0.2) is 47.6 Å². The molecule has 0 radical (unpaired) electrons. The van der Waals surface area contributed by atoms with Crippen molar-refractivity contribution in [2.45, 2.75) is 24.7 Å². The molecule has 0 saturated carbocycles. The minimum Gasteiger partial charge on any atom is -0.478 e. The van der Waals surface area contributed by atoms with Gasteiger partial charge in [0.2, 0.25) is 10.0 Å². The monoisotopic (exact) mass is 299 g/mol. The van der Waals surface area contributed by atoms with Crippen LogP contribution in [0.1, 0.15) is 29.3 Å². The Bertz CT molecular complexity index is 606. The van der Waals surface area contributed by atoms with Gasteiger partial charge in [0.05, 0.1) is 16.9 Å². The summed E-state index contributed by atoms with van der Waals surface area (Å²) < 4.78 is 25.7. The van der Waals surface area contributed by atoms with Crippen molar-refractivity contribution in [3.8, 4) is 0 Å². The molecule has 1 heterocycles. The lowest BCUT2D eigenvalue weighted by Crippen LogP contribution is -2.34. The van der Waals surface area contributed by atoms with Crippen molar-refractivity contribution < 1.29 is 23.4 Å². The Balaban J connectivity index is 2.11. The van der Waals surface area contributed by atoms with Gasteiger partial charge in [0.25, 0.3) is 0 Å². The molecule has 0 aromatic heterocycles. The van der Waals surface area contributed by atoms with E-state index < -0.39 is 21.6 Å². The van der Waals surface area contributed by atoms with E-state index in [1.54, 1.807) is 6.92 Å². The van der Waals surface area contributed by atoms with Crippen LogP contribution >= 0.6 is 0 Å². The fourth-order valence-electron chi connectivity index (χ4n) is 2.19. The summed E-state index contributed by atoms with van der Waals surface area (Å²) in [7, 11) is -3.49. The maximum atomic E-state index is 12.2. The number of rotatable bonds is 4. The van der Waals surface area contributed by atoms with Crippen molar-refractivity contribution in [1.29, 1.82) is 0 Å². The topological polar surface area (TPSA) is 94.9 Å². The molecule has 6 nitrogen and oxygen atoms in total. The van der Waals surface area contributed by atoms with Crippen LogP contribution in [-0.2, 0) is 15.8 Å². The van der Waals surface area contributed by atoms with Crippen LogP contribution in [0.15, 0.2) is 24.3 Å². The summed E-state index contributed by atoms with van der Waals surface area (Å²) in [6.07, 6.45) is 0.421. The summed E-state index contributed by atoms with van der Waals surface area (Å²) in [4.78, 5) is 10.7. The molecule has 0 spiro atoms. The fraction of sp³-hybridized carbons (Fsp3) is 0.462. The number of sulfonamides is 1. The van der Waals surface area contributed by atoms with Crippen LogP contribution in [0.2, 0.25) is 0 Å². The smallest absolute Gasteiger partial charge is 0.335 e. The summed E-state index contributed by atoms with van der Waals surface area (Å²) in [5.74, 6) is -1.24. The second-order valence-electron chi connectivity index (χ2n) is 5.34. The maximum Gasteiger partial charge on any atom is 0.335 e. The van der Waals surface area contributed by atoms with Gasteiger partial charge in [0, 0.05) is 13.1 Å². The highest BCUT2D eigenvalue weighted by Gasteiger charge is 2.37. The van der Waals surface area contributed by atoms with E-state index in [1.807, 2.05) is 0 Å². The highest BCUT2D eigenvalue weighted by Crippen LogP contribution is 2.24. The van der Waals surface area contributed by atoms with E-state index in [2.05, 4.69) is 0 Å². The van der Waals surface area contributed by atoms with Gasteiger partial charge < -0.3 is 10.2 Å². The molecule has 1 atom stereocenters. The molecule has 110 valence electrons. The van der Waals surface area contributed by atoms with E-state index >= 15 is 0 Å². The number of carboxylic acid groups (broad SMARTS) is 1. The van der Waals surface area contributed by atoms with Gasteiger partial charge in [0.15, 0.2) is 0 Å². The van der Waals surface area contributed by atoms with Crippen LogP contribution in [0, 0.1) is 0 Å². The van der Waals surface area contributed by atoms with E-state index in [4.69, 9.17) is 5.11 Å². The third kappa shape index (κ3) is 3.36. The number of benzene rings is 1. The van der Waals surface area contributed by atoms with Crippen LogP contribution in [0.3, 0.4) is 0 Å². The Morgan fingerprint density at radius 3 is 2.40 bits per heavy atom. The fourth-order valence-corrected chi connectivity index (χ4v) is 3.83. The first-order valence-electron chi connectivity index (χ1n) is 6.22. The Hall–Kier alpha value is -1.44. The number of β-amino-alcohol motifs (C(OH)–C–C–N with tert-alkyl or cyclic N) is 1. The average molecular weight is 299 g/mol. The zero-order chi connectivity index (χ0) is 15.0. The van der Waals surface area contributed by atoms with Gasteiger partial charge in [-0.1, -0.05) is 12.1 Å². The van der Waals surface area contributed by atoms with Crippen LogP contribution < -0.4 is 0 Å². The van der Waals surface area contributed by atoms with E-state index in [0.29, 0.717) is 18.5 Å². The van der Waals surface area contributed by atoms with Gasteiger partial charge >= 0.3 is 5.97 Å². The van der Waals surface area contributed by atoms with Crippen molar-refractivity contribution in [1.82, 2.24) is 4.31 Å². The SMILES string of the molecule is CC1(O)CCN(S(=O)(=O)Cc2ccc(C(=O)O)cc2)C1. The molecule has 2 N–H and O–H groups in total. The summed E-state index contributed by atoms with van der Waals surface area (Å²) in [5.41, 5.74) is -0.322. The Morgan fingerprint density at radius 2 is 1.95 bits per heavy atom. The summed E-state index contributed by atoms with van der Waals surface area (Å²) in [6, 6.07) is 5.76. The molecule has 0 amide bonds. The van der Waals surface area contributed by atoms with Crippen LogP contribution in [0.25, 0.3) is 0 Å². The second-order valence-corrected chi connectivity index (χ2v) is 7.31. The zero-order valence-electron chi connectivity index (χ0n) is 11.1. The molecule has 7 heteroatoms. The number of carboxylic acids is 1. The van der Waals surface area contributed by atoms with E-state index in [9.17, 15) is 18.3 Å². The lowest BCUT2D eigenvalue weighted by Gasteiger charge is -2.19. The first kappa shape index (κ1) is 15.0. The van der Waals surface area contributed by atoms with Crippen molar-refractivity contribution in [2.24, 2.45) is 0 Å². The number of aliphatic hydroxyl groups is 1. The molecule has 1 fully saturated rings. The predicted octanol–water partition coefficient (Wildman–Crippen LogP) is 0.671. The molecule has 1 saturated heterocycles.